The average Bonchev–Trinajstić information content (AvgIpc) is 3.38. The highest BCUT2D eigenvalue weighted by atomic mass is 79.9. The summed E-state index contributed by atoms with van der Waals surface area (Å²) in [4.78, 5) is 40.7. The molecule has 1 spiro atoms. The van der Waals surface area contributed by atoms with E-state index >= 15 is 0 Å². The van der Waals surface area contributed by atoms with Gasteiger partial charge in [-0.3, -0.25) is 19.6 Å². The Balaban J connectivity index is 1.25. The topological polar surface area (TPSA) is 78.4 Å². The van der Waals surface area contributed by atoms with Crippen LogP contribution in [0.15, 0.2) is 50.8 Å². The van der Waals surface area contributed by atoms with E-state index in [0.29, 0.717) is 31.0 Å². The van der Waals surface area contributed by atoms with Crippen LogP contribution in [0.3, 0.4) is 0 Å². The number of aliphatic imine (C=N–C) groups is 1. The maximum atomic E-state index is 13.3. The summed E-state index contributed by atoms with van der Waals surface area (Å²) >= 11 is 3.48. The molecule has 0 radical (unpaired) electrons. The number of pyridine rings is 1. The lowest BCUT2D eigenvalue weighted by Crippen LogP contribution is -2.46. The molecule has 0 aromatic carbocycles. The molecule has 2 aliphatic carbocycles. The van der Waals surface area contributed by atoms with Crippen LogP contribution in [0.1, 0.15) is 69.7 Å². The summed E-state index contributed by atoms with van der Waals surface area (Å²) in [5.74, 6) is 0.791. The quantitative estimate of drug-likeness (QED) is 0.487. The van der Waals surface area contributed by atoms with Gasteiger partial charge in [0, 0.05) is 49.1 Å². The van der Waals surface area contributed by atoms with Crippen LogP contribution in [-0.4, -0.2) is 45.4 Å². The zero-order chi connectivity index (χ0) is 24.5. The van der Waals surface area contributed by atoms with Gasteiger partial charge in [-0.15, -0.1) is 0 Å². The van der Waals surface area contributed by atoms with E-state index < -0.39 is 0 Å². The van der Waals surface area contributed by atoms with E-state index in [1.165, 1.54) is 23.3 Å². The SMILES string of the molecule is CC(C)(C)C1CCC2=C3C(=CC(=O)CC34CCN(C(=O)c3cnc5c(Br)c[nH]c5c3)CC4)N=C2C1. The van der Waals surface area contributed by atoms with Gasteiger partial charge in [-0.05, 0) is 76.6 Å². The molecule has 182 valence electrons. The molecule has 1 unspecified atom stereocenters. The number of carbonyl (C=O) groups is 2. The van der Waals surface area contributed by atoms with Crippen molar-refractivity contribution < 1.29 is 9.59 Å². The second-order valence-electron chi connectivity index (χ2n) is 11.7. The number of likely N-dealkylation sites (tertiary alicyclic amines) is 1. The molecule has 2 fully saturated rings. The second-order valence-corrected chi connectivity index (χ2v) is 12.6. The number of H-pyrrole nitrogens is 1. The first-order valence-electron chi connectivity index (χ1n) is 12.6. The lowest BCUT2D eigenvalue weighted by Gasteiger charge is -2.45. The number of carbonyl (C=O) groups excluding carboxylic acids is 2. The van der Waals surface area contributed by atoms with Crippen LogP contribution in [0.5, 0.6) is 0 Å². The van der Waals surface area contributed by atoms with Crippen molar-refractivity contribution in [1.82, 2.24) is 14.9 Å². The molecule has 6 rings (SSSR count). The smallest absolute Gasteiger partial charge is 0.255 e. The third-order valence-electron chi connectivity index (χ3n) is 8.63. The molecule has 2 aromatic rings. The third-order valence-corrected chi connectivity index (χ3v) is 9.24. The molecule has 2 aliphatic heterocycles. The van der Waals surface area contributed by atoms with Crippen LogP contribution in [-0.2, 0) is 4.79 Å². The van der Waals surface area contributed by atoms with E-state index in [-0.39, 0.29) is 22.5 Å². The van der Waals surface area contributed by atoms with E-state index in [4.69, 9.17) is 4.99 Å². The highest BCUT2D eigenvalue weighted by Gasteiger charge is 2.48. The van der Waals surface area contributed by atoms with Crippen molar-refractivity contribution in [2.24, 2.45) is 21.7 Å². The predicted octanol–water partition coefficient (Wildman–Crippen LogP) is 6.00. The van der Waals surface area contributed by atoms with Gasteiger partial charge in [-0.2, -0.15) is 0 Å². The summed E-state index contributed by atoms with van der Waals surface area (Å²) in [6.07, 6.45) is 10.6. The van der Waals surface area contributed by atoms with Gasteiger partial charge in [0.05, 0.1) is 21.2 Å². The number of nitrogens with zero attached hydrogens (tertiary/aromatic N) is 3. The van der Waals surface area contributed by atoms with Crippen molar-refractivity contribution in [1.29, 1.82) is 0 Å². The number of aromatic nitrogens is 2. The van der Waals surface area contributed by atoms with Crippen molar-refractivity contribution in [3.8, 4) is 0 Å². The number of fused-ring (bicyclic) bond motifs is 4. The number of allylic oxidation sites excluding steroid dienone is 3. The molecule has 7 heteroatoms. The number of ketones is 1. The summed E-state index contributed by atoms with van der Waals surface area (Å²) < 4.78 is 0.890. The van der Waals surface area contributed by atoms with Crippen LogP contribution < -0.4 is 0 Å². The predicted molar refractivity (Wildman–Crippen MR) is 140 cm³/mol. The molecule has 4 aliphatic rings. The van der Waals surface area contributed by atoms with Crippen LogP contribution in [0.25, 0.3) is 11.0 Å². The average molecular weight is 535 g/mol. The van der Waals surface area contributed by atoms with E-state index in [9.17, 15) is 9.59 Å². The monoisotopic (exact) mass is 534 g/mol. The Morgan fingerprint density at radius 1 is 1.26 bits per heavy atom. The van der Waals surface area contributed by atoms with Gasteiger partial charge in [0.15, 0.2) is 5.78 Å². The fourth-order valence-electron chi connectivity index (χ4n) is 6.56. The minimum Gasteiger partial charge on any atom is -0.359 e. The number of hydrogen-bond donors (Lipinski definition) is 1. The Labute approximate surface area is 214 Å². The zero-order valence-corrected chi connectivity index (χ0v) is 22.2. The first-order valence-corrected chi connectivity index (χ1v) is 13.4. The van der Waals surface area contributed by atoms with Crippen molar-refractivity contribution in [2.75, 3.05) is 13.1 Å². The molecule has 35 heavy (non-hydrogen) atoms. The van der Waals surface area contributed by atoms with Gasteiger partial charge >= 0.3 is 0 Å². The number of aromatic amines is 1. The lowest BCUT2D eigenvalue weighted by molar-refractivity contribution is -0.117. The number of nitrogens with one attached hydrogen (secondary N) is 1. The van der Waals surface area contributed by atoms with Gasteiger partial charge in [-0.25, -0.2) is 0 Å². The van der Waals surface area contributed by atoms with Gasteiger partial charge in [0.1, 0.15) is 5.52 Å². The van der Waals surface area contributed by atoms with E-state index in [1.807, 2.05) is 17.2 Å². The molecule has 1 N–H and O–H groups in total. The summed E-state index contributed by atoms with van der Waals surface area (Å²) in [5.41, 5.74) is 7.17. The molecule has 6 nitrogen and oxygen atoms in total. The standard InChI is InChI=1S/C28H31BrN4O2/c1-27(2,3)17-4-5-19-21(11-17)32-22-12-18(34)13-28(24(19)22)6-8-33(9-7-28)26(35)16-10-23-25(31-14-16)20(29)15-30-23/h10,12,14-15,17,30H,4-9,11,13H2,1-3H3. The van der Waals surface area contributed by atoms with Gasteiger partial charge in [-0.1, -0.05) is 20.8 Å². The van der Waals surface area contributed by atoms with Crippen molar-refractivity contribution >= 4 is 44.4 Å². The maximum Gasteiger partial charge on any atom is 0.255 e. The zero-order valence-electron chi connectivity index (χ0n) is 20.6. The highest BCUT2D eigenvalue weighted by Crippen LogP contribution is 2.54. The van der Waals surface area contributed by atoms with Gasteiger partial charge in [0.2, 0.25) is 0 Å². The molecule has 1 amide bonds. The van der Waals surface area contributed by atoms with Crippen LogP contribution in [0, 0.1) is 16.7 Å². The maximum absolute atomic E-state index is 13.3. The molecule has 1 saturated carbocycles. The van der Waals surface area contributed by atoms with E-state index in [2.05, 4.69) is 46.7 Å². The van der Waals surface area contributed by atoms with Crippen molar-refractivity contribution in [2.45, 2.75) is 59.3 Å². The van der Waals surface area contributed by atoms with Gasteiger partial charge in [0.25, 0.3) is 5.91 Å². The Kier molecular flexibility index (Phi) is 5.22. The lowest BCUT2D eigenvalue weighted by atomic mass is 9.62. The number of rotatable bonds is 1. The highest BCUT2D eigenvalue weighted by molar-refractivity contribution is 9.10. The second kappa shape index (κ2) is 7.99. The Morgan fingerprint density at radius 2 is 2.03 bits per heavy atom. The number of hydrogen-bond acceptors (Lipinski definition) is 4. The fourth-order valence-corrected chi connectivity index (χ4v) is 6.99. The summed E-state index contributed by atoms with van der Waals surface area (Å²) in [5, 5.41) is 0. The van der Waals surface area contributed by atoms with Crippen molar-refractivity contribution in [3.05, 3.63) is 51.4 Å². The molecule has 0 bridgehead atoms. The molecule has 2 aromatic heterocycles. The van der Waals surface area contributed by atoms with Crippen molar-refractivity contribution in [3.63, 3.8) is 0 Å². The Bertz CT molecular complexity index is 1350. The minimum absolute atomic E-state index is 0.00423. The number of halogens is 1. The van der Waals surface area contributed by atoms with Crippen LogP contribution in [0.4, 0.5) is 0 Å². The van der Waals surface area contributed by atoms with Gasteiger partial charge < -0.3 is 9.88 Å². The van der Waals surface area contributed by atoms with Crippen LogP contribution >= 0.6 is 15.9 Å². The molecule has 4 heterocycles. The van der Waals surface area contributed by atoms with Crippen LogP contribution in [0.2, 0.25) is 0 Å². The summed E-state index contributed by atoms with van der Waals surface area (Å²) in [6.45, 7) is 8.23. The molecule has 1 atom stereocenters. The minimum atomic E-state index is -0.195. The fraction of sp³-hybridized carbons (Fsp3) is 0.500. The number of piperidine rings is 1. The van der Waals surface area contributed by atoms with E-state index in [1.54, 1.807) is 12.3 Å². The summed E-state index contributed by atoms with van der Waals surface area (Å²) in [6, 6.07) is 1.88. The first kappa shape index (κ1) is 22.9. The number of amides is 1. The Hall–Kier alpha value is -2.54. The summed E-state index contributed by atoms with van der Waals surface area (Å²) in [7, 11) is 0. The largest absolute Gasteiger partial charge is 0.359 e. The first-order chi connectivity index (χ1) is 16.6. The Morgan fingerprint density at radius 3 is 2.77 bits per heavy atom. The third kappa shape index (κ3) is 3.74. The normalized spacial score (nSPS) is 23.9. The molecular weight excluding hydrogens is 504 g/mol. The molecular formula is C28H31BrN4O2. The molecule has 1 saturated heterocycles. The van der Waals surface area contributed by atoms with E-state index in [0.717, 1.165) is 46.9 Å².